The lowest BCUT2D eigenvalue weighted by Gasteiger charge is -2.38. The van der Waals surface area contributed by atoms with Crippen LogP contribution in [0.2, 0.25) is 0 Å². The van der Waals surface area contributed by atoms with Crippen molar-refractivity contribution in [1.29, 1.82) is 5.26 Å². The molecule has 0 bridgehead atoms. The fourth-order valence-electron chi connectivity index (χ4n) is 3.21. The molecular formula is C21H21N3O5S. The Labute approximate surface area is 180 Å². The zero-order valence-corrected chi connectivity index (χ0v) is 17.8. The zero-order chi connectivity index (χ0) is 21.8. The van der Waals surface area contributed by atoms with Crippen LogP contribution in [-0.4, -0.2) is 34.3 Å². The third-order valence-corrected chi connectivity index (χ3v) is 5.11. The normalized spacial score (nSPS) is 15.9. The summed E-state index contributed by atoms with van der Waals surface area (Å²) >= 11 is 4.50. The number of rotatable bonds is 6. The van der Waals surface area contributed by atoms with E-state index >= 15 is 0 Å². The number of thiol groups is 1. The molecule has 0 radical (unpaired) electrons. The molecule has 1 heterocycles. The van der Waals surface area contributed by atoms with Crippen molar-refractivity contribution >= 4 is 24.2 Å². The van der Waals surface area contributed by atoms with Crippen LogP contribution in [0.5, 0.6) is 23.0 Å². The van der Waals surface area contributed by atoms with Gasteiger partial charge in [0.05, 0.1) is 33.5 Å². The highest BCUT2D eigenvalue weighted by Crippen LogP contribution is 2.43. The Balaban J connectivity index is 2.19. The lowest BCUT2D eigenvalue weighted by Crippen LogP contribution is -2.46. The second-order valence-electron chi connectivity index (χ2n) is 6.21. The van der Waals surface area contributed by atoms with Crippen molar-refractivity contribution in [3.05, 3.63) is 52.6 Å². The first kappa shape index (κ1) is 21.2. The summed E-state index contributed by atoms with van der Waals surface area (Å²) < 4.78 is 21.5. The highest BCUT2D eigenvalue weighted by Gasteiger charge is 2.35. The molecule has 1 amide bonds. The van der Waals surface area contributed by atoms with Gasteiger partial charge in [0.1, 0.15) is 23.6 Å². The first-order chi connectivity index (χ1) is 14.5. The lowest BCUT2D eigenvalue weighted by atomic mass is 10.1. The van der Waals surface area contributed by atoms with Gasteiger partial charge in [-0.3, -0.25) is 4.79 Å². The Morgan fingerprint density at radius 1 is 1.00 bits per heavy atom. The molecule has 30 heavy (non-hydrogen) atoms. The molecule has 9 heteroatoms. The van der Waals surface area contributed by atoms with E-state index in [9.17, 15) is 10.1 Å². The van der Waals surface area contributed by atoms with E-state index < -0.39 is 12.1 Å². The number of ether oxygens (including phenoxy) is 4. The van der Waals surface area contributed by atoms with E-state index in [1.54, 1.807) is 36.3 Å². The standard InChI is InChI=1S/C21H21N3O5S/c1-26-14-7-5-13(6-8-14)24-19(23-20(25)15(11-22)21(24)30)12-9-16(27-2)18(29-4)17(10-12)28-3/h5-10,19,30H,1-4H3,(H,23,25). The number of nitriles is 1. The molecule has 0 spiro atoms. The summed E-state index contributed by atoms with van der Waals surface area (Å²) in [6.07, 6.45) is -0.677. The Kier molecular flexibility index (Phi) is 6.28. The molecule has 1 aliphatic rings. The van der Waals surface area contributed by atoms with Crippen LogP contribution >= 0.6 is 12.6 Å². The van der Waals surface area contributed by atoms with Gasteiger partial charge in [0.25, 0.3) is 5.91 Å². The Morgan fingerprint density at radius 3 is 2.07 bits per heavy atom. The van der Waals surface area contributed by atoms with Gasteiger partial charge in [0, 0.05) is 11.3 Å². The molecule has 2 aromatic rings. The Hall–Kier alpha value is -3.51. The van der Waals surface area contributed by atoms with Crippen molar-refractivity contribution in [3.8, 4) is 29.1 Å². The van der Waals surface area contributed by atoms with Crippen molar-refractivity contribution in [2.24, 2.45) is 0 Å². The topological polar surface area (TPSA) is 93.1 Å². The molecule has 0 aliphatic carbocycles. The van der Waals surface area contributed by atoms with E-state index in [0.717, 1.165) is 0 Å². The van der Waals surface area contributed by atoms with Gasteiger partial charge < -0.3 is 29.2 Å². The van der Waals surface area contributed by atoms with Crippen molar-refractivity contribution < 1.29 is 23.7 Å². The number of nitrogens with zero attached hydrogens (tertiary/aromatic N) is 2. The predicted octanol–water partition coefficient (Wildman–Crippen LogP) is 3.02. The summed E-state index contributed by atoms with van der Waals surface area (Å²) in [5, 5.41) is 12.5. The van der Waals surface area contributed by atoms with Gasteiger partial charge in [-0.2, -0.15) is 5.26 Å². The predicted molar refractivity (Wildman–Crippen MR) is 114 cm³/mol. The molecule has 0 saturated heterocycles. The second kappa shape index (κ2) is 8.88. The number of amides is 1. The summed E-state index contributed by atoms with van der Waals surface area (Å²) in [5.41, 5.74) is 1.27. The fraction of sp³-hybridized carbons (Fsp3) is 0.238. The molecular weight excluding hydrogens is 406 g/mol. The van der Waals surface area contributed by atoms with Crippen LogP contribution < -0.4 is 29.2 Å². The van der Waals surface area contributed by atoms with Crippen LogP contribution in [0, 0.1) is 11.3 Å². The van der Waals surface area contributed by atoms with Crippen molar-refractivity contribution in [3.63, 3.8) is 0 Å². The minimum Gasteiger partial charge on any atom is -0.497 e. The van der Waals surface area contributed by atoms with Gasteiger partial charge in [-0.05, 0) is 36.4 Å². The number of benzene rings is 2. The molecule has 0 aromatic heterocycles. The summed E-state index contributed by atoms with van der Waals surface area (Å²) in [5.74, 6) is 1.46. The number of nitrogens with one attached hydrogen (secondary N) is 1. The maximum Gasteiger partial charge on any atom is 0.266 e. The summed E-state index contributed by atoms with van der Waals surface area (Å²) in [7, 11) is 6.12. The zero-order valence-electron chi connectivity index (χ0n) is 16.9. The number of carbonyl (C=O) groups is 1. The first-order valence-corrected chi connectivity index (χ1v) is 9.31. The minimum absolute atomic E-state index is 0.0853. The van der Waals surface area contributed by atoms with Crippen molar-refractivity contribution in [2.75, 3.05) is 33.3 Å². The van der Waals surface area contributed by atoms with E-state index in [1.807, 2.05) is 18.2 Å². The van der Waals surface area contributed by atoms with Gasteiger partial charge in [-0.25, -0.2) is 0 Å². The number of hydrogen-bond acceptors (Lipinski definition) is 8. The average molecular weight is 427 g/mol. The van der Waals surface area contributed by atoms with E-state index in [1.165, 1.54) is 21.3 Å². The number of methoxy groups -OCH3 is 4. The molecule has 0 saturated carbocycles. The van der Waals surface area contributed by atoms with Gasteiger partial charge in [0.15, 0.2) is 11.5 Å². The van der Waals surface area contributed by atoms with Crippen molar-refractivity contribution in [2.45, 2.75) is 6.17 Å². The summed E-state index contributed by atoms with van der Waals surface area (Å²) in [4.78, 5) is 14.3. The summed E-state index contributed by atoms with van der Waals surface area (Å²) in [6, 6.07) is 12.6. The van der Waals surface area contributed by atoms with Gasteiger partial charge in [0.2, 0.25) is 5.75 Å². The molecule has 1 N–H and O–H groups in total. The van der Waals surface area contributed by atoms with Crippen LogP contribution in [0.1, 0.15) is 11.7 Å². The van der Waals surface area contributed by atoms with Crippen LogP contribution in [-0.2, 0) is 4.79 Å². The number of anilines is 1. The Morgan fingerprint density at radius 2 is 1.60 bits per heavy atom. The van der Waals surface area contributed by atoms with Gasteiger partial charge in [-0.1, -0.05) is 0 Å². The number of hydrogen-bond donors (Lipinski definition) is 2. The van der Waals surface area contributed by atoms with Crippen LogP contribution in [0.3, 0.4) is 0 Å². The van der Waals surface area contributed by atoms with Crippen LogP contribution in [0.15, 0.2) is 47.0 Å². The largest absolute Gasteiger partial charge is 0.497 e. The average Bonchev–Trinajstić information content (AvgIpc) is 2.78. The molecule has 156 valence electrons. The molecule has 2 aromatic carbocycles. The molecule has 3 rings (SSSR count). The lowest BCUT2D eigenvalue weighted by molar-refractivity contribution is -0.118. The molecule has 8 nitrogen and oxygen atoms in total. The Bertz CT molecular complexity index is 1000. The monoisotopic (exact) mass is 427 g/mol. The third-order valence-electron chi connectivity index (χ3n) is 4.67. The van der Waals surface area contributed by atoms with E-state index in [-0.39, 0.29) is 10.6 Å². The van der Waals surface area contributed by atoms with Crippen LogP contribution in [0.4, 0.5) is 5.69 Å². The first-order valence-electron chi connectivity index (χ1n) is 8.86. The second-order valence-corrected chi connectivity index (χ2v) is 6.64. The number of carbonyl (C=O) groups excluding carboxylic acids is 1. The van der Waals surface area contributed by atoms with Crippen molar-refractivity contribution in [1.82, 2.24) is 5.32 Å². The molecule has 1 unspecified atom stereocenters. The third kappa shape index (κ3) is 3.69. The molecule has 1 atom stereocenters. The maximum atomic E-state index is 12.6. The van der Waals surface area contributed by atoms with Gasteiger partial charge in [-0.15, -0.1) is 12.6 Å². The van der Waals surface area contributed by atoms with Gasteiger partial charge >= 0.3 is 0 Å². The molecule has 0 fully saturated rings. The van der Waals surface area contributed by atoms with E-state index in [4.69, 9.17) is 18.9 Å². The van der Waals surface area contributed by atoms with Crippen LogP contribution in [0.25, 0.3) is 0 Å². The van der Waals surface area contributed by atoms with E-state index in [0.29, 0.717) is 34.2 Å². The highest BCUT2D eigenvalue weighted by atomic mass is 32.1. The quantitative estimate of drug-likeness (QED) is 0.685. The van der Waals surface area contributed by atoms with E-state index in [2.05, 4.69) is 17.9 Å². The maximum absolute atomic E-state index is 12.6. The SMILES string of the molecule is COc1ccc(N2C(S)=C(C#N)C(=O)NC2c2cc(OC)c(OC)c(OC)c2)cc1. The smallest absolute Gasteiger partial charge is 0.266 e. The highest BCUT2D eigenvalue weighted by molar-refractivity contribution is 7.84. The fourth-order valence-corrected chi connectivity index (χ4v) is 3.59. The molecule has 1 aliphatic heterocycles. The minimum atomic E-state index is -0.677. The summed E-state index contributed by atoms with van der Waals surface area (Å²) in [6.45, 7) is 0.